The van der Waals surface area contributed by atoms with Gasteiger partial charge in [0.05, 0.1) is 6.04 Å². The molecule has 0 aliphatic rings. The zero-order chi connectivity index (χ0) is 17.3. The molecule has 0 fully saturated rings. The highest BCUT2D eigenvalue weighted by atomic mass is 32.1. The van der Waals surface area contributed by atoms with Crippen molar-refractivity contribution in [1.29, 1.82) is 0 Å². The molecule has 0 spiro atoms. The molecular formula is C22H21NOS. The number of rotatable bonds is 7. The Bertz CT molecular complexity index is 775. The van der Waals surface area contributed by atoms with Gasteiger partial charge >= 0.3 is 0 Å². The van der Waals surface area contributed by atoms with Crippen molar-refractivity contribution in [1.82, 2.24) is 0 Å². The summed E-state index contributed by atoms with van der Waals surface area (Å²) in [7, 11) is 0. The molecular weight excluding hydrogens is 326 g/mol. The first kappa shape index (κ1) is 17.2. The Kier molecular flexibility index (Phi) is 6.18. The summed E-state index contributed by atoms with van der Waals surface area (Å²) in [6.07, 6.45) is 0.640. The maximum Gasteiger partial charge on any atom is 0.162 e. The van der Waals surface area contributed by atoms with Crippen LogP contribution in [0, 0.1) is 0 Å². The molecule has 1 atom stereocenters. The molecule has 0 aromatic heterocycles. The zero-order valence-electron chi connectivity index (χ0n) is 14.0. The normalized spacial score (nSPS) is 11.5. The average Bonchev–Trinajstić information content (AvgIpc) is 2.68. The molecule has 3 rings (SSSR count). The molecule has 0 bridgehead atoms. The van der Waals surface area contributed by atoms with Crippen LogP contribution < -0.4 is 5.32 Å². The van der Waals surface area contributed by atoms with E-state index in [0.717, 1.165) is 11.3 Å². The predicted molar refractivity (Wildman–Crippen MR) is 108 cm³/mol. The summed E-state index contributed by atoms with van der Waals surface area (Å²) < 4.78 is 5.81. The lowest BCUT2D eigenvalue weighted by Gasteiger charge is -2.21. The number of hydrogen-bond acceptors (Lipinski definition) is 3. The summed E-state index contributed by atoms with van der Waals surface area (Å²) >= 11 is 5.48. The highest BCUT2D eigenvalue weighted by Gasteiger charge is 2.14. The molecule has 1 unspecified atom stereocenters. The number of ether oxygens (including phenoxy) is 1. The van der Waals surface area contributed by atoms with Crippen LogP contribution in [0.5, 0.6) is 0 Å². The van der Waals surface area contributed by atoms with Crippen molar-refractivity contribution >= 4 is 23.0 Å². The molecule has 0 saturated heterocycles. The van der Waals surface area contributed by atoms with Crippen molar-refractivity contribution in [3.05, 3.63) is 102 Å². The Hall–Kier alpha value is -2.65. The fraction of sp³-hybridized carbons (Fsp3) is 0.136. The third kappa shape index (κ3) is 5.44. The van der Waals surface area contributed by atoms with E-state index in [2.05, 4.69) is 29.6 Å². The number of anilines is 1. The van der Waals surface area contributed by atoms with Gasteiger partial charge < -0.3 is 10.1 Å². The molecule has 2 nitrogen and oxygen atoms in total. The van der Waals surface area contributed by atoms with Crippen molar-refractivity contribution in [2.24, 2.45) is 0 Å². The number of benzene rings is 3. The van der Waals surface area contributed by atoms with Gasteiger partial charge in [-0.2, -0.15) is 0 Å². The molecule has 3 heteroatoms. The molecule has 25 heavy (non-hydrogen) atoms. The minimum Gasteiger partial charge on any atom is -0.482 e. The van der Waals surface area contributed by atoms with Crippen LogP contribution in [0.25, 0.3) is 0 Å². The summed E-state index contributed by atoms with van der Waals surface area (Å²) in [6.45, 7) is 0.506. The second-order valence-electron chi connectivity index (χ2n) is 5.82. The van der Waals surface area contributed by atoms with Gasteiger partial charge in [-0.15, -0.1) is 0 Å². The number of thiocarbonyl (C=S) groups is 1. The third-order valence-electron chi connectivity index (χ3n) is 3.93. The van der Waals surface area contributed by atoms with Crippen molar-refractivity contribution in [2.45, 2.75) is 19.1 Å². The molecule has 3 aromatic rings. The van der Waals surface area contributed by atoms with Crippen LogP contribution in [0.2, 0.25) is 0 Å². The smallest absolute Gasteiger partial charge is 0.162 e. The number of hydrogen-bond donors (Lipinski definition) is 1. The molecule has 0 aliphatic carbocycles. The number of nitrogens with one attached hydrogen (secondary N) is 1. The van der Waals surface area contributed by atoms with E-state index in [1.807, 2.05) is 66.7 Å². The highest BCUT2D eigenvalue weighted by Crippen LogP contribution is 2.23. The van der Waals surface area contributed by atoms with Gasteiger partial charge in [0.25, 0.3) is 0 Å². The molecule has 0 amide bonds. The molecule has 1 N–H and O–H groups in total. The van der Waals surface area contributed by atoms with E-state index in [4.69, 9.17) is 17.0 Å². The Labute approximate surface area is 154 Å². The largest absolute Gasteiger partial charge is 0.482 e. The quantitative estimate of drug-likeness (QED) is 0.548. The van der Waals surface area contributed by atoms with Gasteiger partial charge in [-0.3, -0.25) is 0 Å². The first-order valence-corrected chi connectivity index (χ1v) is 8.78. The van der Waals surface area contributed by atoms with Gasteiger partial charge in [0.2, 0.25) is 0 Å². The first-order valence-electron chi connectivity index (χ1n) is 8.37. The molecule has 0 heterocycles. The topological polar surface area (TPSA) is 21.3 Å². The van der Waals surface area contributed by atoms with Gasteiger partial charge in [-0.1, -0.05) is 78.9 Å². The second kappa shape index (κ2) is 9.00. The van der Waals surface area contributed by atoms with E-state index in [9.17, 15) is 0 Å². The Balaban J connectivity index is 1.66. The predicted octanol–water partition coefficient (Wildman–Crippen LogP) is 5.77. The molecule has 0 aliphatic heterocycles. The van der Waals surface area contributed by atoms with E-state index < -0.39 is 0 Å². The van der Waals surface area contributed by atoms with Crippen LogP contribution in [0.4, 0.5) is 5.69 Å². The minimum atomic E-state index is 0.0758. The number of para-hydroxylation sites is 1. The molecule has 0 saturated carbocycles. The maximum absolute atomic E-state index is 5.81. The molecule has 126 valence electrons. The van der Waals surface area contributed by atoms with E-state index >= 15 is 0 Å². The zero-order valence-corrected chi connectivity index (χ0v) is 14.8. The highest BCUT2D eigenvalue weighted by molar-refractivity contribution is 7.80. The summed E-state index contributed by atoms with van der Waals surface area (Å²) in [6, 6.07) is 30.7. The van der Waals surface area contributed by atoms with Crippen molar-refractivity contribution in [2.75, 3.05) is 5.32 Å². The van der Waals surface area contributed by atoms with E-state index in [-0.39, 0.29) is 6.04 Å². The van der Waals surface area contributed by atoms with Crippen molar-refractivity contribution in [3.63, 3.8) is 0 Å². The SMILES string of the molecule is S=C(CC(Nc1ccccc1)c1ccccc1)OCc1ccccc1. The van der Waals surface area contributed by atoms with Gasteiger partial charge in [0.1, 0.15) is 6.61 Å². The Morgan fingerprint density at radius 1 is 0.800 bits per heavy atom. The second-order valence-corrected chi connectivity index (χ2v) is 6.28. The first-order chi connectivity index (χ1) is 12.3. The van der Waals surface area contributed by atoms with Gasteiger partial charge in [0, 0.05) is 12.1 Å². The van der Waals surface area contributed by atoms with Crippen LogP contribution in [0.15, 0.2) is 91.0 Å². The fourth-order valence-corrected chi connectivity index (χ4v) is 2.86. The summed E-state index contributed by atoms with van der Waals surface area (Å²) in [5, 5.41) is 4.17. The van der Waals surface area contributed by atoms with Gasteiger partial charge in [-0.25, -0.2) is 0 Å². The third-order valence-corrected chi connectivity index (χ3v) is 4.21. The van der Waals surface area contributed by atoms with E-state index in [1.54, 1.807) is 0 Å². The van der Waals surface area contributed by atoms with Crippen LogP contribution in [0.1, 0.15) is 23.6 Å². The molecule has 3 aromatic carbocycles. The van der Waals surface area contributed by atoms with E-state index in [1.165, 1.54) is 5.56 Å². The van der Waals surface area contributed by atoms with Crippen LogP contribution in [-0.2, 0) is 11.3 Å². The average molecular weight is 347 g/mol. The maximum atomic E-state index is 5.81. The minimum absolute atomic E-state index is 0.0758. The lowest BCUT2D eigenvalue weighted by Crippen LogP contribution is -2.16. The van der Waals surface area contributed by atoms with E-state index in [0.29, 0.717) is 18.1 Å². The molecule has 0 radical (unpaired) electrons. The lowest BCUT2D eigenvalue weighted by atomic mass is 10.0. The monoisotopic (exact) mass is 347 g/mol. The Morgan fingerprint density at radius 3 is 2.00 bits per heavy atom. The summed E-state index contributed by atoms with van der Waals surface area (Å²) in [5.74, 6) is 0. The summed E-state index contributed by atoms with van der Waals surface area (Å²) in [5.41, 5.74) is 3.39. The lowest BCUT2D eigenvalue weighted by molar-refractivity contribution is 0.290. The summed E-state index contributed by atoms with van der Waals surface area (Å²) in [4.78, 5) is 0. The van der Waals surface area contributed by atoms with Gasteiger partial charge in [-0.05, 0) is 35.5 Å². The van der Waals surface area contributed by atoms with Crippen LogP contribution in [-0.4, -0.2) is 5.05 Å². The standard InChI is InChI=1S/C22H21NOS/c25-22(24-17-18-10-4-1-5-11-18)16-21(19-12-6-2-7-13-19)23-20-14-8-3-9-15-20/h1-15,21,23H,16-17H2. The van der Waals surface area contributed by atoms with Crippen molar-refractivity contribution < 1.29 is 4.74 Å². The fourth-order valence-electron chi connectivity index (χ4n) is 2.64. The van der Waals surface area contributed by atoms with Gasteiger partial charge in [0.15, 0.2) is 5.05 Å². The van der Waals surface area contributed by atoms with Crippen LogP contribution in [0.3, 0.4) is 0 Å². The Morgan fingerprint density at radius 2 is 1.36 bits per heavy atom. The van der Waals surface area contributed by atoms with Crippen molar-refractivity contribution in [3.8, 4) is 0 Å². The van der Waals surface area contributed by atoms with Crippen LogP contribution >= 0.6 is 12.2 Å².